The molecule has 0 aromatic rings. The van der Waals surface area contributed by atoms with Crippen LogP contribution in [0.1, 0.15) is 104 Å². The fraction of sp³-hybridized carbons (Fsp3) is 0.862. The molecule has 1 rings (SSSR count). The smallest absolute Gasteiger partial charge is 0.462 e. The maximum Gasteiger partial charge on any atom is 0.472 e. The molecule has 0 spiro atoms. The number of aliphatic hydroxyl groups excluding tert-OH is 5. The summed E-state index contributed by atoms with van der Waals surface area (Å²) < 4.78 is 32.4. The van der Waals surface area contributed by atoms with Gasteiger partial charge in [-0.15, -0.1) is 0 Å². The van der Waals surface area contributed by atoms with Crippen molar-refractivity contribution in [3.8, 4) is 0 Å². The Labute approximate surface area is 254 Å². The molecule has 1 fully saturated rings. The first-order valence-corrected chi connectivity index (χ1v) is 17.0. The van der Waals surface area contributed by atoms with Crippen molar-refractivity contribution < 1.29 is 63.1 Å². The molecule has 0 heterocycles. The SMILES string of the molecule is CCCCCCC/C=C\CCCCCCCC(=O)OC(COC(=O)CC)COP(=O)(O)OC1C(O)C(O)C(O)C(O)C1O. The number of allylic oxidation sites excluding steroid dienone is 2. The number of unbranched alkanes of at least 4 members (excludes halogenated alkanes) is 10. The van der Waals surface area contributed by atoms with Gasteiger partial charge < -0.3 is 39.9 Å². The van der Waals surface area contributed by atoms with Gasteiger partial charge in [-0.1, -0.05) is 70.9 Å². The number of carbonyl (C=O) groups excluding carboxylic acids is 2. The van der Waals surface area contributed by atoms with Crippen LogP contribution in [-0.4, -0.2) is 98.3 Å². The number of aliphatic hydroxyl groups is 5. The summed E-state index contributed by atoms with van der Waals surface area (Å²) in [6.07, 6.45) is 4.49. The molecular weight excluding hydrogens is 587 g/mol. The summed E-state index contributed by atoms with van der Waals surface area (Å²) in [5.41, 5.74) is 0. The van der Waals surface area contributed by atoms with Gasteiger partial charge in [0, 0.05) is 12.8 Å². The Bertz CT molecular complexity index is 838. The Morgan fingerprint density at radius 3 is 1.79 bits per heavy atom. The summed E-state index contributed by atoms with van der Waals surface area (Å²) in [4.78, 5) is 34.1. The molecule has 43 heavy (non-hydrogen) atoms. The first-order valence-electron chi connectivity index (χ1n) is 15.5. The monoisotopic (exact) mass is 640 g/mol. The Balaban J connectivity index is 2.42. The minimum atomic E-state index is -5.07. The van der Waals surface area contributed by atoms with Crippen LogP contribution in [0.15, 0.2) is 12.2 Å². The highest BCUT2D eigenvalue weighted by Crippen LogP contribution is 2.47. The summed E-state index contributed by atoms with van der Waals surface area (Å²) >= 11 is 0. The van der Waals surface area contributed by atoms with Gasteiger partial charge in [0.2, 0.25) is 0 Å². The van der Waals surface area contributed by atoms with Crippen LogP contribution in [0.3, 0.4) is 0 Å². The second kappa shape index (κ2) is 22.2. The normalized spacial score (nSPS) is 26.2. The van der Waals surface area contributed by atoms with Crippen LogP contribution in [0, 0.1) is 0 Å². The number of ether oxygens (including phenoxy) is 2. The molecule has 6 atom stereocenters. The van der Waals surface area contributed by atoms with E-state index in [4.69, 9.17) is 18.5 Å². The maximum absolute atomic E-state index is 12.5. The zero-order valence-electron chi connectivity index (χ0n) is 25.5. The van der Waals surface area contributed by atoms with E-state index >= 15 is 0 Å². The van der Waals surface area contributed by atoms with Crippen molar-refractivity contribution in [2.45, 2.75) is 146 Å². The van der Waals surface area contributed by atoms with Gasteiger partial charge in [0.15, 0.2) is 6.10 Å². The van der Waals surface area contributed by atoms with Crippen LogP contribution >= 0.6 is 7.82 Å². The Morgan fingerprint density at radius 2 is 1.23 bits per heavy atom. The minimum Gasteiger partial charge on any atom is -0.462 e. The summed E-state index contributed by atoms with van der Waals surface area (Å²) in [5.74, 6) is -1.21. The summed E-state index contributed by atoms with van der Waals surface area (Å²) in [7, 11) is -5.07. The lowest BCUT2D eigenvalue weighted by Gasteiger charge is -2.41. The van der Waals surface area contributed by atoms with E-state index in [1.165, 1.54) is 32.1 Å². The lowest BCUT2D eigenvalue weighted by molar-refractivity contribution is -0.220. The number of rotatable bonds is 23. The maximum atomic E-state index is 12.5. The first kappa shape index (κ1) is 39.6. The molecule has 0 bridgehead atoms. The fourth-order valence-electron chi connectivity index (χ4n) is 4.50. The molecule has 13 nitrogen and oxygen atoms in total. The third-order valence-corrected chi connectivity index (χ3v) is 8.15. The summed E-state index contributed by atoms with van der Waals surface area (Å²) in [6, 6.07) is 0. The number of carbonyl (C=O) groups is 2. The largest absolute Gasteiger partial charge is 0.472 e. The van der Waals surface area contributed by atoms with Crippen LogP contribution in [0.25, 0.3) is 0 Å². The molecule has 1 saturated carbocycles. The highest BCUT2D eigenvalue weighted by Gasteiger charge is 2.51. The lowest BCUT2D eigenvalue weighted by atomic mass is 9.85. The molecule has 0 radical (unpaired) electrons. The predicted molar refractivity (Wildman–Crippen MR) is 157 cm³/mol. The average Bonchev–Trinajstić information content (AvgIpc) is 2.98. The Kier molecular flexibility index (Phi) is 20.4. The van der Waals surface area contributed by atoms with Gasteiger partial charge in [0.05, 0.1) is 6.61 Å². The zero-order valence-corrected chi connectivity index (χ0v) is 26.4. The second-order valence-electron chi connectivity index (χ2n) is 10.9. The van der Waals surface area contributed by atoms with Crippen molar-refractivity contribution in [3.63, 3.8) is 0 Å². The molecule has 1 aliphatic carbocycles. The highest BCUT2D eigenvalue weighted by molar-refractivity contribution is 7.47. The standard InChI is InChI=1S/C29H53O13P/c1-3-5-6-7-8-9-10-11-12-13-14-15-16-17-18-23(31)41-21(19-39-22(30)4-2)20-40-43(37,38)42-29-27(35)25(33)24(32)26(34)28(29)36/h10-11,21,24-29,32-36H,3-9,12-20H2,1-2H3,(H,37,38)/b11-10-. The average molecular weight is 641 g/mol. The third kappa shape index (κ3) is 16.5. The highest BCUT2D eigenvalue weighted by atomic mass is 31.2. The van der Waals surface area contributed by atoms with Gasteiger partial charge in [-0.25, -0.2) is 4.57 Å². The zero-order chi connectivity index (χ0) is 32.3. The van der Waals surface area contributed by atoms with Crippen LogP contribution < -0.4 is 0 Å². The molecule has 6 N–H and O–H groups in total. The Morgan fingerprint density at radius 1 is 0.721 bits per heavy atom. The van der Waals surface area contributed by atoms with E-state index in [0.717, 1.165) is 38.5 Å². The van der Waals surface area contributed by atoms with Crippen molar-refractivity contribution >= 4 is 19.8 Å². The van der Waals surface area contributed by atoms with E-state index < -0.39 is 75.7 Å². The first-order chi connectivity index (χ1) is 20.4. The fourth-order valence-corrected chi connectivity index (χ4v) is 5.47. The van der Waals surface area contributed by atoms with Crippen LogP contribution in [0.5, 0.6) is 0 Å². The topological polar surface area (TPSA) is 210 Å². The van der Waals surface area contributed by atoms with Crippen LogP contribution in [0.2, 0.25) is 0 Å². The second-order valence-corrected chi connectivity index (χ2v) is 12.3. The van der Waals surface area contributed by atoms with E-state index in [1.54, 1.807) is 6.92 Å². The van der Waals surface area contributed by atoms with Crippen molar-refractivity contribution in [1.82, 2.24) is 0 Å². The van der Waals surface area contributed by atoms with E-state index in [0.29, 0.717) is 6.42 Å². The number of phosphoric acid groups is 1. The molecule has 252 valence electrons. The molecule has 1 aliphatic rings. The van der Waals surface area contributed by atoms with Crippen molar-refractivity contribution in [3.05, 3.63) is 12.2 Å². The van der Waals surface area contributed by atoms with Crippen LogP contribution in [-0.2, 0) is 32.7 Å². The van der Waals surface area contributed by atoms with Gasteiger partial charge in [-0.3, -0.25) is 18.6 Å². The summed E-state index contributed by atoms with van der Waals surface area (Å²) in [6.45, 7) is 2.57. The minimum absolute atomic E-state index is 0.0475. The molecule has 6 unspecified atom stereocenters. The van der Waals surface area contributed by atoms with Gasteiger partial charge in [-0.2, -0.15) is 0 Å². The molecular formula is C29H53O13P. The van der Waals surface area contributed by atoms with Gasteiger partial charge >= 0.3 is 19.8 Å². The Hall–Kier alpha value is -1.41. The van der Waals surface area contributed by atoms with Gasteiger partial charge in [-0.05, 0) is 32.1 Å². The van der Waals surface area contributed by atoms with Gasteiger partial charge in [0.1, 0.15) is 43.2 Å². The molecule has 0 aromatic heterocycles. The molecule has 0 amide bonds. The van der Waals surface area contributed by atoms with E-state index in [2.05, 4.69) is 19.1 Å². The number of phosphoric ester groups is 1. The third-order valence-electron chi connectivity index (χ3n) is 7.16. The molecule has 14 heteroatoms. The molecule has 0 saturated heterocycles. The lowest BCUT2D eigenvalue weighted by Crippen LogP contribution is -2.64. The number of esters is 2. The number of hydrogen-bond donors (Lipinski definition) is 6. The van der Waals surface area contributed by atoms with Gasteiger partial charge in [0.25, 0.3) is 0 Å². The van der Waals surface area contributed by atoms with E-state index in [-0.39, 0.29) is 12.8 Å². The number of hydrogen-bond acceptors (Lipinski definition) is 12. The van der Waals surface area contributed by atoms with Crippen molar-refractivity contribution in [1.29, 1.82) is 0 Å². The van der Waals surface area contributed by atoms with E-state index in [1.807, 2.05) is 0 Å². The van der Waals surface area contributed by atoms with E-state index in [9.17, 15) is 44.6 Å². The predicted octanol–water partition coefficient (Wildman–Crippen LogP) is 2.82. The van der Waals surface area contributed by atoms with Crippen molar-refractivity contribution in [2.75, 3.05) is 13.2 Å². The summed E-state index contributed by atoms with van der Waals surface area (Å²) in [5, 5.41) is 49.3. The van der Waals surface area contributed by atoms with Crippen LogP contribution in [0.4, 0.5) is 0 Å². The van der Waals surface area contributed by atoms with Crippen molar-refractivity contribution in [2.24, 2.45) is 0 Å². The molecule has 0 aromatic carbocycles. The molecule has 0 aliphatic heterocycles. The quantitative estimate of drug-likeness (QED) is 0.0411.